The maximum atomic E-state index is 13.3. The summed E-state index contributed by atoms with van der Waals surface area (Å²) in [7, 11) is 0. The lowest BCUT2D eigenvalue weighted by atomic mass is 9.86. The third kappa shape index (κ3) is 3.90. The first-order valence-electron chi connectivity index (χ1n) is 10.7. The van der Waals surface area contributed by atoms with Gasteiger partial charge in [0.2, 0.25) is 0 Å². The van der Waals surface area contributed by atoms with Crippen molar-refractivity contribution < 1.29 is 14.3 Å². The van der Waals surface area contributed by atoms with Gasteiger partial charge in [-0.3, -0.25) is 4.79 Å². The fourth-order valence-corrected chi connectivity index (χ4v) is 6.62. The SMILES string of the molecule is CC1=CC2(CCN(C(=O)c3cc4c(s3)C3(CCNCC3)OCC4)CC2)OCC1.Cl. The zero-order valence-electron chi connectivity index (χ0n) is 17.1. The molecule has 160 valence electrons. The molecule has 2 saturated heterocycles. The number of thiophene rings is 1. The average molecular weight is 439 g/mol. The zero-order chi connectivity index (χ0) is 19.2. The maximum Gasteiger partial charge on any atom is 0.263 e. The van der Waals surface area contributed by atoms with Crippen LogP contribution in [0.3, 0.4) is 0 Å². The Bertz CT molecular complexity index is 792. The summed E-state index contributed by atoms with van der Waals surface area (Å²) < 4.78 is 12.4. The number of hydrogen-bond donors (Lipinski definition) is 1. The number of carbonyl (C=O) groups is 1. The number of nitrogens with zero attached hydrogens (tertiary/aromatic N) is 1. The molecule has 1 aromatic heterocycles. The average Bonchev–Trinajstić information content (AvgIpc) is 3.15. The second kappa shape index (κ2) is 8.31. The molecule has 5 rings (SSSR count). The molecule has 0 aromatic carbocycles. The Morgan fingerprint density at radius 1 is 1.10 bits per heavy atom. The summed E-state index contributed by atoms with van der Waals surface area (Å²) in [6.45, 7) is 7.30. The van der Waals surface area contributed by atoms with E-state index in [-0.39, 0.29) is 29.5 Å². The standard InChI is InChI=1S/C22H30N2O3S.ClH/c1-16-2-12-26-21(15-16)6-10-24(11-7-21)20(25)18-14-17-3-13-27-22(19(17)28-18)4-8-23-9-5-22;/h14-15,23H,2-13H2,1H3;1H. The number of ether oxygens (including phenoxy) is 2. The van der Waals surface area contributed by atoms with Gasteiger partial charge in [-0.25, -0.2) is 0 Å². The van der Waals surface area contributed by atoms with E-state index in [0.717, 1.165) is 82.8 Å². The molecule has 4 aliphatic heterocycles. The Kier molecular flexibility index (Phi) is 6.11. The van der Waals surface area contributed by atoms with Gasteiger partial charge in [0.1, 0.15) is 5.60 Å². The molecule has 1 N–H and O–H groups in total. The number of likely N-dealkylation sites (tertiary alicyclic amines) is 1. The molecule has 5 heterocycles. The van der Waals surface area contributed by atoms with Crippen LogP contribution in [0.5, 0.6) is 0 Å². The predicted molar refractivity (Wildman–Crippen MR) is 117 cm³/mol. The maximum absolute atomic E-state index is 13.3. The van der Waals surface area contributed by atoms with Gasteiger partial charge < -0.3 is 19.7 Å². The minimum atomic E-state index is -0.160. The van der Waals surface area contributed by atoms with E-state index in [9.17, 15) is 4.79 Å². The number of fused-ring (bicyclic) bond motifs is 2. The van der Waals surface area contributed by atoms with E-state index < -0.39 is 0 Å². The number of carbonyl (C=O) groups excluding carboxylic acids is 1. The molecule has 0 bridgehead atoms. The van der Waals surface area contributed by atoms with Crippen molar-refractivity contribution in [3.8, 4) is 0 Å². The van der Waals surface area contributed by atoms with Crippen molar-refractivity contribution >= 4 is 29.7 Å². The van der Waals surface area contributed by atoms with Gasteiger partial charge in [-0.15, -0.1) is 23.7 Å². The number of amides is 1. The lowest BCUT2D eigenvalue weighted by molar-refractivity contribution is -0.0771. The number of hydrogen-bond acceptors (Lipinski definition) is 5. The van der Waals surface area contributed by atoms with Gasteiger partial charge in [0, 0.05) is 18.0 Å². The topological polar surface area (TPSA) is 50.8 Å². The largest absolute Gasteiger partial charge is 0.370 e. The van der Waals surface area contributed by atoms with E-state index in [1.165, 1.54) is 16.0 Å². The lowest BCUT2D eigenvalue weighted by Crippen LogP contribution is -2.48. The Hall–Kier alpha value is -0.920. The number of halogens is 1. The minimum absolute atomic E-state index is 0. The van der Waals surface area contributed by atoms with Crippen molar-refractivity contribution in [1.82, 2.24) is 10.2 Å². The molecule has 0 unspecified atom stereocenters. The van der Waals surface area contributed by atoms with E-state index in [0.29, 0.717) is 0 Å². The molecule has 2 fully saturated rings. The fourth-order valence-electron chi connectivity index (χ4n) is 5.24. The van der Waals surface area contributed by atoms with Crippen LogP contribution in [0, 0.1) is 0 Å². The van der Waals surface area contributed by atoms with E-state index in [1.54, 1.807) is 11.3 Å². The van der Waals surface area contributed by atoms with E-state index in [4.69, 9.17) is 9.47 Å². The molecule has 1 amide bonds. The Balaban J connectivity index is 0.00000205. The molecule has 0 atom stereocenters. The van der Waals surface area contributed by atoms with Crippen LogP contribution in [0.4, 0.5) is 0 Å². The van der Waals surface area contributed by atoms with Crippen molar-refractivity contribution in [2.45, 2.75) is 56.7 Å². The summed E-state index contributed by atoms with van der Waals surface area (Å²) in [4.78, 5) is 17.5. The summed E-state index contributed by atoms with van der Waals surface area (Å²) in [6.07, 6.45) is 8.08. The summed E-state index contributed by atoms with van der Waals surface area (Å²) in [6, 6.07) is 2.15. The first-order chi connectivity index (χ1) is 13.6. The smallest absolute Gasteiger partial charge is 0.263 e. The molecule has 2 spiro atoms. The Morgan fingerprint density at radius 3 is 2.55 bits per heavy atom. The van der Waals surface area contributed by atoms with Crippen molar-refractivity contribution in [2.75, 3.05) is 39.4 Å². The molecule has 5 nitrogen and oxygen atoms in total. The van der Waals surface area contributed by atoms with Gasteiger partial charge in [-0.05, 0) is 70.2 Å². The molecule has 0 aliphatic carbocycles. The molecule has 7 heteroatoms. The highest BCUT2D eigenvalue weighted by atomic mass is 35.5. The van der Waals surface area contributed by atoms with Gasteiger partial charge in [-0.1, -0.05) is 11.6 Å². The van der Waals surface area contributed by atoms with Crippen LogP contribution in [-0.4, -0.2) is 55.8 Å². The van der Waals surface area contributed by atoms with Gasteiger partial charge in [0.25, 0.3) is 5.91 Å². The lowest BCUT2D eigenvalue weighted by Gasteiger charge is -2.42. The summed E-state index contributed by atoms with van der Waals surface area (Å²) in [5, 5.41) is 3.43. The third-order valence-electron chi connectivity index (χ3n) is 6.89. The summed E-state index contributed by atoms with van der Waals surface area (Å²) in [5.41, 5.74) is 2.46. The normalized spacial score (nSPS) is 25.3. The molecule has 0 radical (unpaired) electrons. The highest BCUT2D eigenvalue weighted by Gasteiger charge is 2.42. The molecular formula is C22H31ClN2O3S. The van der Waals surface area contributed by atoms with Crippen molar-refractivity contribution in [2.24, 2.45) is 0 Å². The summed E-state index contributed by atoms with van der Waals surface area (Å²) >= 11 is 1.68. The third-order valence-corrected chi connectivity index (χ3v) is 8.24. The summed E-state index contributed by atoms with van der Waals surface area (Å²) in [5.74, 6) is 0.190. The van der Waals surface area contributed by atoms with E-state index in [2.05, 4.69) is 24.4 Å². The zero-order valence-corrected chi connectivity index (χ0v) is 18.8. The van der Waals surface area contributed by atoms with Crippen LogP contribution in [0.2, 0.25) is 0 Å². The number of piperidine rings is 2. The van der Waals surface area contributed by atoms with Crippen LogP contribution >= 0.6 is 23.7 Å². The first kappa shape index (κ1) is 21.3. The highest BCUT2D eigenvalue weighted by Crippen LogP contribution is 2.45. The quantitative estimate of drug-likeness (QED) is 0.680. The Labute approximate surface area is 183 Å². The van der Waals surface area contributed by atoms with E-state index in [1.807, 2.05) is 4.90 Å². The second-order valence-corrected chi connectivity index (χ2v) is 9.81. The molecule has 1 aromatic rings. The minimum Gasteiger partial charge on any atom is -0.370 e. The highest BCUT2D eigenvalue weighted by molar-refractivity contribution is 7.14. The van der Waals surface area contributed by atoms with Crippen molar-refractivity contribution in [3.05, 3.63) is 33.0 Å². The van der Waals surface area contributed by atoms with E-state index >= 15 is 0 Å². The van der Waals surface area contributed by atoms with Crippen LogP contribution in [-0.2, 0) is 21.5 Å². The van der Waals surface area contributed by atoms with Gasteiger partial charge in [0.15, 0.2) is 0 Å². The van der Waals surface area contributed by atoms with Crippen LogP contribution in [0.1, 0.15) is 59.1 Å². The second-order valence-electron chi connectivity index (χ2n) is 8.75. The molecule has 29 heavy (non-hydrogen) atoms. The number of rotatable bonds is 1. The number of nitrogens with one attached hydrogen (secondary N) is 1. The van der Waals surface area contributed by atoms with Gasteiger partial charge in [0.05, 0.1) is 23.7 Å². The molecular weight excluding hydrogens is 408 g/mol. The van der Waals surface area contributed by atoms with Crippen LogP contribution < -0.4 is 5.32 Å². The predicted octanol–water partition coefficient (Wildman–Crippen LogP) is 3.66. The van der Waals surface area contributed by atoms with Crippen LogP contribution in [0.25, 0.3) is 0 Å². The van der Waals surface area contributed by atoms with Crippen molar-refractivity contribution in [3.63, 3.8) is 0 Å². The fraction of sp³-hybridized carbons (Fsp3) is 0.682. The van der Waals surface area contributed by atoms with Crippen LogP contribution in [0.15, 0.2) is 17.7 Å². The monoisotopic (exact) mass is 438 g/mol. The van der Waals surface area contributed by atoms with Gasteiger partial charge in [-0.2, -0.15) is 0 Å². The molecule has 0 saturated carbocycles. The molecule has 4 aliphatic rings. The Morgan fingerprint density at radius 2 is 1.83 bits per heavy atom. The first-order valence-corrected chi connectivity index (χ1v) is 11.5. The van der Waals surface area contributed by atoms with Gasteiger partial charge >= 0.3 is 0 Å². The van der Waals surface area contributed by atoms with Crippen molar-refractivity contribution in [1.29, 1.82) is 0 Å².